The lowest BCUT2D eigenvalue weighted by Crippen LogP contribution is -2.19. The van der Waals surface area contributed by atoms with Gasteiger partial charge >= 0.3 is 0 Å². The number of hydrogen-bond donors (Lipinski definition) is 1. The molecule has 1 fully saturated rings. The van der Waals surface area contributed by atoms with E-state index in [9.17, 15) is 0 Å². The molecule has 0 aromatic heterocycles. The van der Waals surface area contributed by atoms with Gasteiger partial charge in [-0.25, -0.2) is 0 Å². The maximum absolute atomic E-state index is 5.05. The van der Waals surface area contributed by atoms with Gasteiger partial charge in [0.15, 0.2) is 0 Å². The van der Waals surface area contributed by atoms with E-state index in [1.165, 1.54) is 25.7 Å². The minimum atomic E-state index is 0.625. The standard InChI is InChI=1S/C7H11N/c1-2-8-7-5-3-4-6-7/h1,7-8H,3-6H2. The summed E-state index contributed by atoms with van der Waals surface area (Å²) in [5, 5.41) is 2.97. The van der Waals surface area contributed by atoms with E-state index < -0.39 is 0 Å². The van der Waals surface area contributed by atoms with Gasteiger partial charge in [0, 0.05) is 12.1 Å². The fraction of sp³-hybridized carbons (Fsp3) is 0.714. The summed E-state index contributed by atoms with van der Waals surface area (Å²) in [6, 6.07) is 3.08. The van der Waals surface area contributed by atoms with E-state index in [1.807, 2.05) is 0 Å². The molecular formula is C7H11N. The molecule has 0 spiro atoms. The average molecular weight is 109 g/mol. The van der Waals surface area contributed by atoms with Gasteiger partial charge in [-0.3, -0.25) is 0 Å². The van der Waals surface area contributed by atoms with Crippen molar-refractivity contribution in [3.8, 4) is 12.5 Å². The lowest BCUT2D eigenvalue weighted by molar-refractivity contribution is 0.621. The number of terminal acetylenes is 1. The third kappa shape index (κ3) is 1.16. The van der Waals surface area contributed by atoms with Crippen LogP contribution in [0.25, 0.3) is 0 Å². The van der Waals surface area contributed by atoms with Crippen LogP contribution in [0.4, 0.5) is 0 Å². The highest BCUT2D eigenvalue weighted by molar-refractivity contribution is 4.87. The number of rotatable bonds is 1. The van der Waals surface area contributed by atoms with E-state index in [1.54, 1.807) is 0 Å². The van der Waals surface area contributed by atoms with Crippen LogP contribution in [-0.2, 0) is 0 Å². The molecular weight excluding hydrogens is 98.1 g/mol. The first-order valence-corrected chi connectivity index (χ1v) is 3.14. The van der Waals surface area contributed by atoms with Crippen LogP contribution in [0.1, 0.15) is 25.7 Å². The second-order valence-corrected chi connectivity index (χ2v) is 2.27. The maximum atomic E-state index is 5.05. The molecule has 44 valence electrons. The molecule has 0 aromatic rings. The molecule has 1 nitrogen and oxygen atoms in total. The Morgan fingerprint density at radius 1 is 1.38 bits per heavy atom. The van der Waals surface area contributed by atoms with Crippen LogP contribution in [0.2, 0.25) is 0 Å². The zero-order chi connectivity index (χ0) is 5.82. The zero-order valence-corrected chi connectivity index (χ0v) is 4.98. The van der Waals surface area contributed by atoms with Crippen molar-refractivity contribution in [2.75, 3.05) is 0 Å². The lowest BCUT2D eigenvalue weighted by atomic mass is 10.3. The van der Waals surface area contributed by atoms with Crippen LogP contribution in [0.15, 0.2) is 0 Å². The first kappa shape index (κ1) is 5.50. The summed E-state index contributed by atoms with van der Waals surface area (Å²) in [6.07, 6.45) is 10.3. The van der Waals surface area contributed by atoms with Crippen LogP contribution in [0, 0.1) is 12.5 Å². The molecule has 0 amide bonds. The van der Waals surface area contributed by atoms with E-state index in [0.717, 1.165) is 0 Å². The minimum absolute atomic E-state index is 0.625. The molecule has 1 saturated carbocycles. The van der Waals surface area contributed by atoms with E-state index in [0.29, 0.717) is 6.04 Å². The van der Waals surface area contributed by atoms with Gasteiger partial charge in [-0.1, -0.05) is 19.3 Å². The normalized spacial score (nSPS) is 20.4. The molecule has 0 aliphatic heterocycles. The molecule has 0 aromatic carbocycles. The van der Waals surface area contributed by atoms with Crippen molar-refractivity contribution in [3.05, 3.63) is 0 Å². The Morgan fingerprint density at radius 2 is 2.00 bits per heavy atom. The zero-order valence-electron chi connectivity index (χ0n) is 4.98. The van der Waals surface area contributed by atoms with Gasteiger partial charge in [0.1, 0.15) is 0 Å². The van der Waals surface area contributed by atoms with Gasteiger partial charge in [0.05, 0.1) is 0 Å². The first-order chi connectivity index (χ1) is 3.93. The summed E-state index contributed by atoms with van der Waals surface area (Å²) in [6.45, 7) is 0. The fourth-order valence-corrected chi connectivity index (χ4v) is 1.19. The van der Waals surface area contributed by atoms with Crippen LogP contribution < -0.4 is 5.32 Å². The number of nitrogens with one attached hydrogen (secondary N) is 1. The summed E-state index contributed by atoms with van der Waals surface area (Å²) in [5.74, 6) is 0. The van der Waals surface area contributed by atoms with Gasteiger partial charge in [-0.2, -0.15) is 0 Å². The summed E-state index contributed by atoms with van der Waals surface area (Å²) in [7, 11) is 0. The highest BCUT2D eigenvalue weighted by Gasteiger charge is 2.11. The van der Waals surface area contributed by atoms with Crippen LogP contribution in [0.3, 0.4) is 0 Å². The molecule has 0 atom stereocenters. The van der Waals surface area contributed by atoms with E-state index in [-0.39, 0.29) is 0 Å². The second-order valence-electron chi connectivity index (χ2n) is 2.27. The summed E-state index contributed by atoms with van der Waals surface area (Å²) in [4.78, 5) is 0. The van der Waals surface area contributed by atoms with Crippen molar-refractivity contribution in [1.82, 2.24) is 5.32 Å². The minimum Gasteiger partial charge on any atom is -0.343 e. The Labute approximate surface area is 50.5 Å². The Kier molecular flexibility index (Phi) is 1.80. The third-order valence-electron chi connectivity index (χ3n) is 1.64. The van der Waals surface area contributed by atoms with Crippen LogP contribution >= 0.6 is 0 Å². The molecule has 0 heterocycles. The molecule has 1 N–H and O–H groups in total. The van der Waals surface area contributed by atoms with E-state index >= 15 is 0 Å². The van der Waals surface area contributed by atoms with Gasteiger partial charge < -0.3 is 5.32 Å². The van der Waals surface area contributed by atoms with Crippen molar-refractivity contribution >= 4 is 0 Å². The molecule has 1 aliphatic rings. The highest BCUT2D eigenvalue weighted by Crippen LogP contribution is 2.16. The number of hydrogen-bond acceptors (Lipinski definition) is 1. The van der Waals surface area contributed by atoms with Crippen LogP contribution in [0.5, 0.6) is 0 Å². The predicted molar refractivity (Wildman–Crippen MR) is 34.2 cm³/mol. The topological polar surface area (TPSA) is 12.0 Å². The van der Waals surface area contributed by atoms with Gasteiger partial charge in [0.25, 0.3) is 0 Å². The monoisotopic (exact) mass is 109 g/mol. The SMILES string of the molecule is C#CNC1CCCC1. The quantitative estimate of drug-likeness (QED) is 0.393. The van der Waals surface area contributed by atoms with E-state index in [4.69, 9.17) is 6.42 Å². The largest absolute Gasteiger partial charge is 0.343 e. The van der Waals surface area contributed by atoms with Crippen molar-refractivity contribution in [2.24, 2.45) is 0 Å². The fourth-order valence-electron chi connectivity index (χ4n) is 1.19. The highest BCUT2D eigenvalue weighted by atomic mass is 14.9. The van der Waals surface area contributed by atoms with Gasteiger partial charge in [-0.15, -0.1) is 0 Å². The Balaban J connectivity index is 2.17. The van der Waals surface area contributed by atoms with E-state index in [2.05, 4.69) is 11.4 Å². The molecule has 1 rings (SSSR count). The lowest BCUT2D eigenvalue weighted by Gasteiger charge is -2.03. The predicted octanol–water partition coefficient (Wildman–Crippen LogP) is 1.11. The van der Waals surface area contributed by atoms with Crippen molar-refractivity contribution in [3.63, 3.8) is 0 Å². The summed E-state index contributed by atoms with van der Waals surface area (Å²) < 4.78 is 0. The summed E-state index contributed by atoms with van der Waals surface area (Å²) >= 11 is 0. The van der Waals surface area contributed by atoms with Crippen molar-refractivity contribution in [2.45, 2.75) is 31.7 Å². The molecule has 8 heavy (non-hydrogen) atoms. The van der Waals surface area contributed by atoms with Gasteiger partial charge in [0.2, 0.25) is 0 Å². The molecule has 0 unspecified atom stereocenters. The molecule has 0 bridgehead atoms. The van der Waals surface area contributed by atoms with Crippen LogP contribution in [-0.4, -0.2) is 6.04 Å². The van der Waals surface area contributed by atoms with Gasteiger partial charge in [-0.05, 0) is 12.8 Å². The smallest absolute Gasteiger partial charge is 0.0340 e. The Hall–Kier alpha value is -0.640. The second kappa shape index (κ2) is 2.61. The maximum Gasteiger partial charge on any atom is 0.0340 e. The molecule has 0 saturated heterocycles. The molecule has 0 radical (unpaired) electrons. The third-order valence-corrected chi connectivity index (χ3v) is 1.64. The molecule has 1 aliphatic carbocycles. The Morgan fingerprint density at radius 3 is 2.50 bits per heavy atom. The average Bonchev–Trinajstić information content (AvgIpc) is 2.19. The first-order valence-electron chi connectivity index (χ1n) is 3.14. The molecule has 1 heteroatoms. The summed E-state index contributed by atoms with van der Waals surface area (Å²) in [5.41, 5.74) is 0. The van der Waals surface area contributed by atoms with Crippen molar-refractivity contribution in [1.29, 1.82) is 0 Å². The Bertz CT molecular complexity index is 95.4. The van der Waals surface area contributed by atoms with Crippen molar-refractivity contribution < 1.29 is 0 Å².